The molecule has 0 saturated carbocycles. The van der Waals surface area contributed by atoms with Gasteiger partial charge in [-0.2, -0.15) is 11.8 Å². The Labute approximate surface area is 167 Å². The SMILES string of the molecule is O=C(N[C@@H]1C[C@H]2CCN(C2)C1)c1cc2cc(C(=O)N3CCSCC3)oc2cn1. The number of hydrogen-bond donors (Lipinski definition) is 1. The molecule has 28 heavy (non-hydrogen) atoms. The predicted octanol–water partition coefficient (Wildman–Crippen LogP) is 1.84. The highest BCUT2D eigenvalue weighted by Gasteiger charge is 2.33. The lowest BCUT2D eigenvalue weighted by molar-refractivity contribution is 0.0742. The standard InChI is InChI=1S/C20H24N4O3S/c25-19(22-15-7-13-1-2-23(11-13)12-15)16-8-14-9-17(27-18(14)10-21-16)20(26)24-3-5-28-6-4-24/h8-10,13,15H,1-7,11-12H2,(H,22,25)/t13-,15-/m1/s1. The van der Waals surface area contributed by atoms with E-state index in [9.17, 15) is 9.59 Å². The summed E-state index contributed by atoms with van der Waals surface area (Å²) in [4.78, 5) is 33.8. The number of fused-ring (bicyclic) bond motifs is 3. The molecule has 5 heterocycles. The van der Waals surface area contributed by atoms with Gasteiger partial charge < -0.3 is 19.5 Å². The van der Waals surface area contributed by atoms with E-state index in [1.165, 1.54) is 6.42 Å². The Morgan fingerprint density at radius 2 is 2.04 bits per heavy atom. The second-order valence-corrected chi connectivity index (χ2v) is 9.17. The molecule has 8 heteroatoms. The quantitative estimate of drug-likeness (QED) is 0.847. The molecule has 7 nitrogen and oxygen atoms in total. The lowest BCUT2D eigenvalue weighted by atomic mass is 9.97. The van der Waals surface area contributed by atoms with Crippen LogP contribution < -0.4 is 5.32 Å². The Bertz CT molecular complexity index is 896. The number of furan rings is 1. The molecule has 1 unspecified atom stereocenters. The van der Waals surface area contributed by atoms with Crippen LogP contribution in [-0.2, 0) is 0 Å². The average molecular weight is 401 g/mol. The van der Waals surface area contributed by atoms with Gasteiger partial charge in [0.2, 0.25) is 0 Å². The van der Waals surface area contributed by atoms with Crippen molar-refractivity contribution in [3.8, 4) is 0 Å². The van der Waals surface area contributed by atoms with Crippen LogP contribution in [0.2, 0.25) is 0 Å². The minimum absolute atomic E-state index is 0.0887. The Kier molecular flexibility index (Phi) is 4.76. The van der Waals surface area contributed by atoms with Crippen LogP contribution in [-0.4, -0.2) is 76.9 Å². The van der Waals surface area contributed by atoms with Gasteiger partial charge in [0.1, 0.15) is 5.69 Å². The fourth-order valence-corrected chi connectivity index (χ4v) is 5.42. The van der Waals surface area contributed by atoms with Crippen LogP contribution in [0.5, 0.6) is 0 Å². The second kappa shape index (κ2) is 7.40. The summed E-state index contributed by atoms with van der Waals surface area (Å²) in [5, 5.41) is 3.87. The zero-order valence-electron chi connectivity index (χ0n) is 15.7. The molecule has 3 aliphatic rings. The highest BCUT2D eigenvalue weighted by atomic mass is 32.2. The summed E-state index contributed by atoms with van der Waals surface area (Å²) in [6, 6.07) is 3.63. The first-order chi connectivity index (χ1) is 13.7. The van der Waals surface area contributed by atoms with Crippen molar-refractivity contribution >= 4 is 34.5 Å². The van der Waals surface area contributed by atoms with Gasteiger partial charge in [-0.3, -0.25) is 9.59 Å². The monoisotopic (exact) mass is 400 g/mol. The third-order valence-corrected chi connectivity index (χ3v) is 6.89. The van der Waals surface area contributed by atoms with Gasteiger partial charge in [0.25, 0.3) is 11.8 Å². The number of carbonyl (C=O) groups is 2. The van der Waals surface area contributed by atoms with E-state index in [1.54, 1.807) is 18.3 Å². The predicted molar refractivity (Wildman–Crippen MR) is 108 cm³/mol. The Hall–Kier alpha value is -2.06. The van der Waals surface area contributed by atoms with E-state index in [0.717, 1.165) is 56.0 Å². The zero-order chi connectivity index (χ0) is 19.1. The maximum atomic E-state index is 12.7. The third kappa shape index (κ3) is 3.51. The minimum Gasteiger partial charge on any atom is -0.449 e. The van der Waals surface area contributed by atoms with Gasteiger partial charge in [-0.25, -0.2) is 4.98 Å². The number of amides is 2. The first-order valence-electron chi connectivity index (χ1n) is 9.95. The summed E-state index contributed by atoms with van der Waals surface area (Å²) in [6.45, 7) is 4.71. The molecule has 0 radical (unpaired) electrons. The van der Waals surface area contributed by atoms with Crippen molar-refractivity contribution in [2.24, 2.45) is 5.92 Å². The number of aromatic nitrogens is 1. The van der Waals surface area contributed by atoms with Crippen molar-refractivity contribution in [3.05, 3.63) is 29.8 Å². The second-order valence-electron chi connectivity index (χ2n) is 7.94. The smallest absolute Gasteiger partial charge is 0.289 e. The summed E-state index contributed by atoms with van der Waals surface area (Å²) in [5.41, 5.74) is 0.905. The largest absolute Gasteiger partial charge is 0.449 e. The van der Waals surface area contributed by atoms with E-state index >= 15 is 0 Å². The Morgan fingerprint density at radius 1 is 1.18 bits per heavy atom. The lowest BCUT2D eigenvalue weighted by Crippen LogP contribution is -2.47. The molecule has 3 fully saturated rings. The van der Waals surface area contributed by atoms with Gasteiger partial charge >= 0.3 is 0 Å². The fourth-order valence-electron chi connectivity index (χ4n) is 4.52. The van der Waals surface area contributed by atoms with E-state index in [2.05, 4.69) is 15.2 Å². The molecule has 2 bridgehead atoms. The molecule has 2 aromatic rings. The number of piperidine rings is 1. The summed E-state index contributed by atoms with van der Waals surface area (Å²) in [5.74, 6) is 2.68. The van der Waals surface area contributed by atoms with Gasteiger partial charge in [-0.15, -0.1) is 0 Å². The highest BCUT2D eigenvalue weighted by molar-refractivity contribution is 7.99. The molecule has 2 aromatic heterocycles. The van der Waals surface area contributed by atoms with Crippen LogP contribution >= 0.6 is 11.8 Å². The van der Waals surface area contributed by atoms with Gasteiger partial charge in [0.05, 0.1) is 6.20 Å². The lowest BCUT2D eigenvalue weighted by Gasteiger charge is -2.30. The van der Waals surface area contributed by atoms with Crippen LogP contribution in [0.1, 0.15) is 33.9 Å². The topological polar surface area (TPSA) is 78.7 Å². The van der Waals surface area contributed by atoms with E-state index < -0.39 is 0 Å². The number of nitrogens with zero attached hydrogens (tertiary/aromatic N) is 3. The first kappa shape index (κ1) is 18.0. The number of nitrogens with one attached hydrogen (secondary N) is 1. The van der Waals surface area contributed by atoms with Gasteiger partial charge in [0, 0.05) is 49.1 Å². The van der Waals surface area contributed by atoms with Crippen LogP contribution in [0.4, 0.5) is 0 Å². The van der Waals surface area contributed by atoms with Crippen LogP contribution in [0.25, 0.3) is 11.0 Å². The zero-order valence-corrected chi connectivity index (χ0v) is 16.5. The van der Waals surface area contributed by atoms with Crippen molar-refractivity contribution in [3.63, 3.8) is 0 Å². The number of carbonyl (C=O) groups excluding carboxylic acids is 2. The van der Waals surface area contributed by atoms with E-state index in [-0.39, 0.29) is 17.9 Å². The highest BCUT2D eigenvalue weighted by Crippen LogP contribution is 2.27. The molecule has 1 N–H and O–H groups in total. The molecule has 5 rings (SSSR count). The van der Waals surface area contributed by atoms with Crippen LogP contribution in [0.15, 0.2) is 22.7 Å². The average Bonchev–Trinajstić information content (AvgIpc) is 3.30. The molecule has 3 aliphatic heterocycles. The van der Waals surface area contributed by atoms with Crippen LogP contribution in [0, 0.1) is 5.92 Å². The molecule has 2 amide bonds. The molecule has 0 aromatic carbocycles. The van der Waals surface area contributed by atoms with Crippen molar-refractivity contribution in [2.45, 2.75) is 18.9 Å². The van der Waals surface area contributed by atoms with Crippen molar-refractivity contribution in [1.29, 1.82) is 0 Å². The van der Waals surface area contributed by atoms with Crippen molar-refractivity contribution < 1.29 is 14.0 Å². The minimum atomic E-state index is -0.156. The van der Waals surface area contributed by atoms with Gasteiger partial charge in [-0.1, -0.05) is 0 Å². The van der Waals surface area contributed by atoms with E-state index in [1.807, 2.05) is 16.7 Å². The van der Waals surface area contributed by atoms with E-state index in [0.29, 0.717) is 23.0 Å². The summed E-state index contributed by atoms with van der Waals surface area (Å²) < 4.78 is 5.71. The fraction of sp³-hybridized carbons (Fsp3) is 0.550. The number of thioether (sulfide) groups is 1. The summed E-state index contributed by atoms with van der Waals surface area (Å²) >= 11 is 1.86. The maximum Gasteiger partial charge on any atom is 0.289 e. The normalized spacial score (nSPS) is 27.1. The third-order valence-electron chi connectivity index (χ3n) is 5.95. The first-order valence-corrected chi connectivity index (χ1v) is 11.1. The Balaban J connectivity index is 1.30. The van der Waals surface area contributed by atoms with Crippen molar-refractivity contribution in [2.75, 3.05) is 44.2 Å². The number of hydrogen-bond acceptors (Lipinski definition) is 6. The molecule has 148 valence electrons. The number of rotatable bonds is 3. The summed E-state index contributed by atoms with van der Waals surface area (Å²) in [6.07, 6.45) is 3.82. The number of pyridine rings is 1. The van der Waals surface area contributed by atoms with E-state index in [4.69, 9.17) is 4.42 Å². The maximum absolute atomic E-state index is 12.7. The summed E-state index contributed by atoms with van der Waals surface area (Å²) in [7, 11) is 0. The molecular weight excluding hydrogens is 376 g/mol. The molecule has 0 aliphatic carbocycles. The van der Waals surface area contributed by atoms with Gasteiger partial charge in [0.15, 0.2) is 11.3 Å². The van der Waals surface area contributed by atoms with Crippen molar-refractivity contribution in [1.82, 2.24) is 20.1 Å². The molecule has 0 spiro atoms. The molecule has 3 atom stereocenters. The Morgan fingerprint density at radius 3 is 2.86 bits per heavy atom. The van der Waals surface area contributed by atoms with Crippen LogP contribution in [0.3, 0.4) is 0 Å². The molecular formula is C20H24N4O3S. The van der Waals surface area contributed by atoms with Gasteiger partial charge in [-0.05, 0) is 37.4 Å². The molecule has 3 saturated heterocycles.